The number of esters is 3. The minimum absolute atomic E-state index is 0.0884. The molecule has 0 fully saturated rings. The third kappa shape index (κ3) is 62.5. The Morgan fingerprint density at radius 3 is 0.792 bits per heavy atom. The van der Waals surface area contributed by atoms with Crippen molar-refractivity contribution >= 4 is 17.9 Å². The molecule has 0 aliphatic rings. The molecule has 0 N–H and O–H groups in total. The van der Waals surface area contributed by atoms with Crippen LogP contribution in [0.2, 0.25) is 0 Å². The van der Waals surface area contributed by atoms with Gasteiger partial charge in [0.05, 0.1) is 0 Å². The summed E-state index contributed by atoms with van der Waals surface area (Å²) in [6, 6.07) is 0. The van der Waals surface area contributed by atoms with Crippen LogP contribution in [0.1, 0.15) is 290 Å². The largest absolute Gasteiger partial charge is 0.462 e. The van der Waals surface area contributed by atoms with Gasteiger partial charge in [-0.15, -0.1) is 0 Å². The fourth-order valence-corrected chi connectivity index (χ4v) is 8.73. The molecule has 1 unspecified atom stereocenters. The van der Waals surface area contributed by atoms with Crippen LogP contribution >= 0.6 is 0 Å². The maximum absolute atomic E-state index is 12.8. The van der Waals surface area contributed by atoms with Crippen molar-refractivity contribution in [1.82, 2.24) is 0 Å². The van der Waals surface area contributed by atoms with Gasteiger partial charge < -0.3 is 14.2 Å². The summed E-state index contributed by atoms with van der Waals surface area (Å²) in [4.78, 5) is 37.9. The summed E-state index contributed by atoms with van der Waals surface area (Å²) in [5.74, 6) is -0.923. The van der Waals surface area contributed by atoms with E-state index in [1.54, 1.807) is 0 Å². The molecule has 0 rings (SSSR count). The molecule has 0 aromatic heterocycles. The van der Waals surface area contributed by atoms with Gasteiger partial charge in [-0.3, -0.25) is 14.4 Å². The van der Waals surface area contributed by atoms with Gasteiger partial charge in [0.2, 0.25) is 0 Å². The predicted molar refractivity (Wildman–Crippen MR) is 334 cm³/mol. The van der Waals surface area contributed by atoms with Gasteiger partial charge in [-0.2, -0.15) is 0 Å². The molecular formula is C71H118O6. The van der Waals surface area contributed by atoms with E-state index in [9.17, 15) is 14.4 Å². The van der Waals surface area contributed by atoms with Crippen LogP contribution in [0.4, 0.5) is 0 Å². The Hall–Kier alpha value is -4.19. The van der Waals surface area contributed by atoms with Crippen molar-refractivity contribution in [2.45, 2.75) is 297 Å². The van der Waals surface area contributed by atoms with Crippen molar-refractivity contribution in [3.05, 3.63) is 122 Å². The third-order valence-electron chi connectivity index (χ3n) is 13.5. The summed E-state index contributed by atoms with van der Waals surface area (Å²) >= 11 is 0. The van der Waals surface area contributed by atoms with Gasteiger partial charge in [0.25, 0.3) is 0 Å². The fraction of sp³-hybridized carbons (Fsp3) is 0.676. The molecule has 0 aliphatic carbocycles. The van der Waals surface area contributed by atoms with E-state index < -0.39 is 6.10 Å². The van der Waals surface area contributed by atoms with E-state index in [0.29, 0.717) is 19.3 Å². The fourth-order valence-electron chi connectivity index (χ4n) is 8.73. The first-order valence-electron chi connectivity index (χ1n) is 32.0. The minimum atomic E-state index is -0.790. The molecule has 0 saturated heterocycles. The normalized spacial score (nSPS) is 12.9. The summed E-state index contributed by atoms with van der Waals surface area (Å²) in [7, 11) is 0. The van der Waals surface area contributed by atoms with Crippen LogP contribution in [0.5, 0.6) is 0 Å². The zero-order chi connectivity index (χ0) is 55.7. The topological polar surface area (TPSA) is 78.9 Å². The number of carbonyl (C=O) groups is 3. The monoisotopic (exact) mass is 1070 g/mol. The van der Waals surface area contributed by atoms with Crippen LogP contribution in [0.15, 0.2) is 122 Å². The lowest BCUT2D eigenvalue weighted by atomic mass is 10.0. The van der Waals surface area contributed by atoms with Crippen LogP contribution in [0.3, 0.4) is 0 Å². The van der Waals surface area contributed by atoms with E-state index in [0.717, 1.165) is 141 Å². The zero-order valence-corrected chi connectivity index (χ0v) is 50.2. The first kappa shape index (κ1) is 72.8. The molecule has 0 bridgehead atoms. The Bertz CT molecular complexity index is 1600. The van der Waals surface area contributed by atoms with Crippen LogP contribution in [0.25, 0.3) is 0 Å². The van der Waals surface area contributed by atoms with Gasteiger partial charge in [-0.25, -0.2) is 0 Å². The van der Waals surface area contributed by atoms with E-state index in [-0.39, 0.29) is 31.1 Å². The van der Waals surface area contributed by atoms with Crippen LogP contribution in [-0.2, 0) is 28.6 Å². The van der Waals surface area contributed by atoms with Crippen molar-refractivity contribution in [1.29, 1.82) is 0 Å². The van der Waals surface area contributed by atoms with Crippen molar-refractivity contribution in [3.63, 3.8) is 0 Å². The molecule has 6 nitrogen and oxygen atoms in total. The second-order valence-electron chi connectivity index (χ2n) is 20.9. The van der Waals surface area contributed by atoms with Crippen LogP contribution in [-0.4, -0.2) is 37.2 Å². The highest BCUT2D eigenvalue weighted by Gasteiger charge is 2.19. The van der Waals surface area contributed by atoms with E-state index in [1.165, 1.54) is 109 Å². The average Bonchev–Trinajstić information content (AvgIpc) is 3.43. The second-order valence-corrected chi connectivity index (χ2v) is 20.9. The number of hydrogen-bond donors (Lipinski definition) is 0. The minimum Gasteiger partial charge on any atom is -0.462 e. The molecule has 0 aromatic rings. The lowest BCUT2D eigenvalue weighted by Crippen LogP contribution is -2.30. The quantitative estimate of drug-likeness (QED) is 0.0261. The Morgan fingerprint density at radius 2 is 0.506 bits per heavy atom. The SMILES string of the molecule is CC/C=C\C/C=C\C/C=C\C/C=C\C/C=C\C/C=C\CCCCCCC(=O)OC(COC(=O)CCCCCCC)COC(=O)CCCCCCCCCCCCCCCCCCCC/C=C\C/C=C\C/C=C\C/C=C\CC. The zero-order valence-electron chi connectivity index (χ0n) is 50.2. The second kappa shape index (κ2) is 64.3. The van der Waals surface area contributed by atoms with Crippen molar-refractivity contribution in [2.75, 3.05) is 13.2 Å². The molecule has 0 amide bonds. The van der Waals surface area contributed by atoms with Crippen LogP contribution < -0.4 is 0 Å². The molecule has 0 aromatic carbocycles. The van der Waals surface area contributed by atoms with Crippen LogP contribution in [0, 0.1) is 0 Å². The predicted octanol–water partition coefficient (Wildman–Crippen LogP) is 22.0. The number of rotatable bonds is 57. The van der Waals surface area contributed by atoms with Gasteiger partial charge in [-0.05, 0) is 109 Å². The van der Waals surface area contributed by atoms with E-state index in [1.807, 2.05) is 0 Å². The van der Waals surface area contributed by atoms with Gasteiger partial charge in [0.15, 0.2) is 6.10 Å². The first-order valence-corrected chi connectivity index (χ1v) is 32.0. The first-order chi connectivity index (χ1) is 38.0. The van der Waals surface area contributed by atoms with Crippen molar-refractivity contribution < 1.29 is 28.6 Å². The standard InChI is InChI=1S/C71H118O6/c1-4-7-10-13-15-17-19-21-23-25-27-29-31-32-33-34-35-36-37-38-40-41-43-45-47-49-51-53-55-58-61-64-70(73)76-67-68(66-75-69(72)63-60-57-12-9-6-3)77-71(74)65-62-59-56-54-52-50-48-46-44-42-39-30-28-26-24-22-20-18-16-14-11-8-5-2/h7-8,10-11,15-18,21-24,27-30,42,44,48,50,68H,4-6,9,12-14,19-20,25-26,31-41,43,45-47,49,51-67H2,1-3H3/b10-7-,11-8-,17-15-,18-16-,23-21-,24-22-,29-27-,30-28-,44-42-,50-48-. The van der Waals surface area contributed by atoms with E-state index in [2.05, 4.69) is 142 Å². The van der Waals surface area contributed by atoms with Gasteiger partial charge >= 0.3 is 17.9 Å². The summed E-state index contributed by atoms with van der Waals surface area (Å²) in [6.45, 7) is 6.32. The molecule has 0 radical (unpaired) electrons. The third-order valence-corrected chi connectivity index (χ3v) is 13.5. The Morgan fingerprint density at radius 1 is 0.273 bits per heavy atom. The molecule has 0 heterocycles. The van der Waals surface area contributed by atoms with Gasteiger partial charge in [0, 0.05) is 19.3 Å². The molecule has 0 spiro atoms. The Balaban J connectivity index is 4.05. The number of unbranched alkanes of at least 4 members (excludes halogenated alkanes) is 26. The molecule has 6 heteroatoms. The molecule has 0 aliphatic heterocycles. The Kier molecular flexibility index (Phi) is 60.8. The van der Waals surface area contributed by atoms with Gasteiger partial charge in [0.1, 0.15) is 13.2 Å². The Labute approximate surface area is 475 Å². The maximum atomic E-state index is 12.8. The highest BCUT2D eigenvalue weighted by molar-refractivity contribution is 5.71. The molecule has 0 saturated carbocycles. The molecular weight excluding hydrogens is 949 g/mol. The van der Waals surface area contributed by atoms with Gasteiger partial charge in [-0.1, -0.05) is 284 Å². The number of ether oxygens (including phenoxy) is 3. The van der Waals surface area contributed by atoms with Crippen molar-refractivity contribution in [3.8, 4) is 0 Å². The lowest BCUT2D eigenvalue weighted by Gasteiger charge is -2.18. The number of allylic oxidation sites excluding steroid dienone is 20. The highest BCUT2D eigenvalue weighted by Crippen LogP contribution is 2.16. The van der Waals surface area contributed by atoms with Crippen molar-refractivity contribution in [2.24, 2.45) is 0 Å². The summed E-state index contributed by atoms with van der Waals surface area (Å²) < 4.78 is 16.7. The molecule has 77 heavy (non-hydrogen) atoms. The molecule has 438 valence electrons. The smallest absolute Gasteiger partial charge is 0.306 e. The number of carbonyl (C=O) groups excluding carboxylic acids is 3. The average molecular weight is 1070 g/mol. The molecule has 1 atom stereocenters. The lowest BCUT2D eigenvalue weighted by molar-refractivity contribution is -0.167. The van der Waals surface area contributed by atoms with E-state index in [4.69, 9.17) is 14.2 Å². The summed E-state index contributed by atoms with van der Waals surface area (Å²) in [5.41, 5.74) is 0. The summed E-state index contributed by atoms with van der Waals surface area (Å²) in [6.07, 6.45) is 89.8. The van der Waals surface area contributed by atoms with E-state index >= 15 is 0 Å². The summed E-state index contributed by atoms with van der Waals surface area (Å²) in [5, 5.41) is 0. The number of hydrogen-bond acceptors (Lipinski definition) is 6. The highest BCUT2D eigenvalue weighted by atomic mass is 16.6. The maximum Gasteiger partial charge on any atom is 0.306 e.